The van der Waals surface area contributed by atoms with Gasteiger partial charge >= 0.3 is 5.97 Å². The number of ether oxygens (including phenoxy) is 1. The second-order valence-electron chi connectivity index (χ2n) is 7.99. The predicted octanol–water partition coefficient (Wildman–Crippen LogP) is 3.60. The molecular weight excluding hydrogens is 432 g/mol. The lowest BCUT2D eigenvalue weighted by atomic mass is 10.0. The molecular formula is C23H25ClN4O4. The number of carboxylic acids is 1. The molecule has 0 saturated carbocycles. The number of nitrogens with one attached hydrogen (secondary N) is 1. The van der Waals surface area contributed by atoms with Gasteiger partial charge in [-0.2, -0.15) is 0 Å². The van der Waals surface area contributed by atoms with Crippen LogP contribution in [0.25, 0.3) is 10.9 Å². The lowest BCUT2D eigenvalue weighted by molar-refractivity contribution is 0.0698. The number of halogens is 1. The van der Waals surface area contributed by atoms with Gasteiger partial charge < -0.3 is 20.1 Å². The van der Waals surface area contributed by atoms with Crippen molar-refractivity contribution in [1.29, 1.82) is 0 Å². The van der Waals surface area contributed by atoms with E-state index in [1.54, 1.807) is 23.7 Å². The summed E-state index contributed by atoms with van der Waals surface area (Å²) in [5.74, 6) is -0.473. The van der Waals surface area contributed by atoms with E-state index in [0.29, 0.717) is 53.9 Å². The average Bonchev–Trinajstić information content (AvgIpc) is 2.77. The third-order valence-corrected chi connectivity index (χ3v) is 5.91. The molecule has 8 nitrogen and oxygen atoms in total. The lowest BCUT2D eigenvalue weighted by Crippen LogP contribution is -2.40. The fourth-order valence-corrected chi connectivity index (χ4v) is 4.22. The second-order valence-corrected chi connectivity index (χ2v) is 8.42. The summed E-state index contributed by atoms with van der Waals surface area (Å²) in [5.41, 5.74) is 2.75. The topological polar surface area (TPSA) is 96.7 Å². The van der Waals surface area contributed by atoms with Crippen molar-refractivity contribution in [2.24, 2.45) is 7.05 Å². The van der Waals surface area contributed by atoms with Crippen molar-refractivity contribution in [3.63, 3.8) is 0 Å². The highest BCUT2D eigenvalue weighted by molar-refractivity contribution is 6.31. The maximum absolute atomic E-state index is 13.2. The molecule has 9 heteroatoms. The molecule has 3 aromatic rings. The highest BCUT2D eigenvalue weighted by Gasteiger charge is 2.22. The first-order chi connectivity index (χ1) is 15.3. The van der Waals surface area contributed by atoms with Gasteiger partial charge in [-0.1, -0.05) is 17.7 Å². The Morgan fingerprint density at radius 1 is 1.25 bits per heavy atom. The Balaban J connectivity index is 1.82. The van der Waals surface area contributed by atoms with Crippen LogP contribution in [0, 0.1) is 6.92 Å². The van der Waals surface area contributed by atoms with Gasteiger partial charge in [-0.25, -0.2) is 9.78 Å². The Hall–Kier alpha value is -3.10. The van der Waals surface area contributed by atoms with Crippen molar-refractivity contribution in [1.82, 2.24) is 9.55 Å². The number of benzene rings is 2. The second kappa shape index (κ2) is 8.80. The molecule has 2 heterocycles. The molecule has 1 atom stereocenters. The molecule has 4 rings (SSSR count). The first-order valence-corrected chi connectivity index (χ1v) is 10.8. The summed E-state index contributed by atoms with van der Waals surface area (Å²) in [4.78, 5) is 31.8. The van der Waals surface area contributed by atoms with E-state index in [0.717, 1.165) is 11.1 Å². The number of carbonyl (C=O) groups is 1. The van der Waals surface area contributed by atoms with Crippen LogP contribution >= 0.6 is 11.6 Å². The Bertz CT molecular complexity index is 1250. The molecule has 0 amide bonds. The number of carboxylic acid groups (broad SMARTS) is 1. The summed E-state index contributed by atoms with van der Waals surface area (Å²) >= 11 is 5.99. The molecule has 0 radical (unpaired) electrons. The maximum atomic E-state index is 13.2. The van der Waals surface area contributed by atoms with Gasteiger partial charge in [0.2, 0.25) is 5.95 Å². The van der Waals surface area contributed by atoms with E-state index in [9.17, 15) is 14.7 Å². The molecule has 1 saturated heterocycles. The molecule has 1 fully saturated rings. The van der Waals surface area contributed by atoms with Crippen molar-refractivity contribution < 1.29 is 14.6 Å². The number of morpholine rings is 1. The number of aromatic carboxylic acids is 1. The summed E-state index contributed by atoms with van der Waals surface area (Å²) < 4.78 is 7.02. The van der Waals surface area contributed by atoms with Crippen molar-refractivity contribution in [3.05, 3.63) is 62.4 Å². The first kappa shape index (κ1) is 22.1. The van der Waals surface area contributed by atoms with Gasteiger partial charge in [0, 0.05) is 36.4 Å². The van der Waals surface area contributed by atoms with E-state index in [1.165, 1.54) is 6.07 Å². The van der Waals surface area contributed by atoms with Crippen LogP contribution in [0.1, 0.15) is 34.5 Å². The number of hydrogen-bond donors (Lipinski definition) is 2. The Morgan fingerprint density at radius 3 is 2.66 bits per heavy atom. The maximum Gasteiger partial charge on any atom is 0.337 e. The minimum atomic E-state index is -1.07. The molecule has 1 aliphatic heterocycles. The van der Waals surface area contributed by atoms with Crippen molar-refractivity contribution in [2.45, 2.75) is 19.9 Å². The quantitative estimate of drug-likeness (QED) is 0.605. The Morgan fingerprint density at radius 2 is 1.97 bits per heavy atom. The van der Waals surface area contributed by atoms with Crippen LogP contribution < -0.4 is 15.8 Å². The van der Waals surface area contributed by atoms with Gasteiger partial charge in [-0.3, -0.25) is 9.36 Å². The number of anilines is 2. The fraction of sp³-hybridized carbons (Fsp3) is 0.348. The number of hydrogen-bond acceptors (Lipinski definition) is 6. The number of nitrogens with zero attached hydrogens (tertiary/aromatic N) is 3. The molecule has 0 bridgehead atoms. The summed E-state index contributed by atoms with van der Waals surface area (Å²) in [6, 6.07) is 8.21. The summed E-state index contributed by atoms with van der Waals surface area (Å²) in [6.45, 7) is 6.33. The van der Waals surface area contributed by atoms with Gasteiger partial charge in [0.25, 0.3) is 5.56 Å². The summed E-state index contributed by atoms with van der Waals surface area (Å²) in [7, 11) is 1.73. The van der Waals surface area contributed by atoms with Crippen LogP contribution in [0.4, 0.5) is 11.6 Å². The van der Waals surface area contributed by atoms with Crippen molar-refractivity contribution >= 4 is 40.1 Å². The average molecular weight is 457 g/mol. The third kappa shape index (κ3) is 4.16. The minimum Gasteiger partial charge on any atom is -0.478 e. The van der Waals surface area contributed by atoms with Crippen LogP contribution in [0.5, 0.6) is 0 Å². The predicted molar refractivity (Wildman–Crippen MR) is 125 cm³/mol. The van der Waals surface area contributed by atoms with Gasteiger partial charge in [0.05, 0.1) is 35.7 Å². The molecule has 32 heavy (non-hydrogen) atoms. The molecule has 168 valence electrons. The van der Waals surface area contributed by atoms with E-state index in [4.69, 9.17) is 21.3 Å². The number of aromatic nitrogens is 2. The number of rotatable bonds is 5. The van der Waals surface area contributed by atoms with Crippen LogP contribution in [0.2, 0.25) is 5.02 Å². The summed E-state index contributed by atoms with van der Waals surface area (Å²) in [5, 5.41) is 13.7. The molecule has 0 unspecified atom stereocenters. The molecule has 1 aromatic heterocycles. The van der Waals surface area contributed by atoms with Gasteiger partial charge in [-0.05, 0) is 43.7 Å². The number of fused-ring (bicyclic) bond motifs is 1. The Labute approximate surface area is 190 Å². The number of aryl methyl sites for hydroxylation is 1. The van der Waals surface area contributed by atoms with E-state index in [1.807, 2.05) is 30.9 Å². The smallest absolute Gasteiger partial charge is 0.337 e. The van der Waals surface area contributed by atoms with Crippen LogP contribution in [0.3, 0.4) is 0 Å². The summed E-state index contributed by atoms with van der Waals surface area (Å²) in [6.07, 6.45) is 0. The highest BCUT2D eigenvalue weighted by atomic mass is 35.5. The van der Waals surface area contributed by atoms with E-state index in [-0.39, 0.29) is 17.2 Å². The van der Waals surface area contributed by atoms with Crippen LogP contribution in [-0.4, -0.2) is 46.9 Å². The molecule has 1 aliphatic rings. The molecule has 0 aliphatic carbocycles. The monoisotopic (exact) mass is 456 g/mol. The SMILES string of the molecule is Cc1cc([C@@H](C)Nc2ccc(Cl)cc2C(=O)O)c2nc(N3CCOCC3)n(C)c(=O)c2c1. The van der Waals surface area contributed by atoms with Crippen LogP contribution in [0.15, 0.2) is 35.1 Å². The van der Waals surface area contributed by atoms with Crippen molar-refractivity contribution in [3.8, 4) is 0 Å². The molecule has 2 aromatic carbocycles. The van der Waals surface area contributed by atoms with Gasteiger partial charge in [-0.15, -0.1) is 0 Å². The Kier molecular flexibility index (Phi) is 6.08. The van der Waals surface area contributed by atoms with Crippen molar-refractivity contribution in [2.75, 3.05) is 36.5 Å². The zero-order chi connectivity index (χ0) is 23.0. The normalized spacial score (nSPS) is 15.1. The zero-order valence-electron chi connectivity index (χ0n) is 18.2. The fourth-order valence-electron chi connectivity index (χ4n) is 4.05. The van der Waals surface area contributed by atoms with Gasteiger partial charge in [0.15, 0.2) is 0 Å². The van der Waals surface area contributed by atoms with E-state index in [2.05, 4.69) is 5.32 Å². The largest absolute Gasteiger partial charge is 0.478 e. The third-order valence-electron chi connectivity index (χ3n) is 5.68. The van der Waals surface area contributed by atoms with Crippen LogP contribution in [-0.2, 0) is 11.8 Å². The zero-order valence-corrected chi connectivity index (χ0v) is 18.9. The standard InChI is InChI=1S/C23H25ClN4O4/c1-13-10-16(14(2)25-19-5-4-15(24)12-17(19)22(30)31)20-18(11-13)21(29)27(3)23(26-20)28-6-8-32-9-7-28/h4-5,10-12,14,25H,6-9H2,1-3H3,(H,30,31)/t14-/m1/s1. The van der Waals surface area contributed by atoms with E-state index < -0.39 is 5.97 Å². The molecule has 2 N–H and O–H groups in total. The lowest BCUT2D eigenvalue weighted by Gasteiger charge is -2.29. The highest BCUT2D eigenvalue weighted by Crippen LogP contribution is 2.30. The first-order valence-electron chi connectivity index (χ1n) is 10.4. The minimum absolute atomic E-state index is 0.0826. The van der Waals surface area contributed by atoms with E-state index >= 15 is 0 Å². The van der Waals surface area contributed by atoms with Gasteiger partial charge in [0.1, 0.15) is 0 Å². The molecule has 0 spiro atoms.